The second-order valence-electron chi connectivity index (χ2n) is 5.98. The minimum Gasteiger partial charge on any atom is -0.467 e. The smallest absolute Gasteiger partial charge is 0.228 e. The predicted octanol–water partition coefficient (Wildman–Crippen LogP) is 2.66. The predicted molar refractivity (Wildman–Crippen MR) is 87.8 cm³/mol. The van der Waals surface area contributed by atoms with Crippen LogP contribution < -0.4 is 0 Å². The molecule has 1 aliphatic rings. The molecule has 0 saturated carbocycles. The summed E-state index contributed by atoms with van der Waals surface area (Å²) in [5, 5.41) is 2.03. The van der Waals surface area contributed by atoms with Crippen LogP contribution in [0.25, 0.3) is 0 Å². The Balaban J connectivity index is 1.59. The van der Waals surface area contributed by atoms with Crippen LogP contribution in [0.15, 0.2) is 34.3 Å². The fraction of sp³-hybridized carbons (Fsp3) is 0.412. The van der Waals surface area contributed by atoms with Crippen LogP contribution in [-0.2, 0) is 22.7 Å². The molecule has 1 saturated heterocycles. The molecule has 0 unspecified atom stereocenters. The molecule has 2 amide bonds. The molecule has 5 nitrogen and oxygen atoms in total. The highest BCUT2D eigenvalue weighted by molar-refractivity contribution is 7.10. The number of carbonyl (C=O) groups excluding carboxylic acids is 2. The number of likely N-dealkylation sites (tertiary alicyclic amines) is 1. The van der Waals surface area contributed by atoms with Crippen molar-refractivity contribution < 1.29 is 14.0 Å². The van der Waals surface area contributed by atoms with Crippen molar-refractivity contribution in [1.29, 1.82) is 0 Å². The summed E-state index contributed by atoms with van der Waals surface area (Å²) in [6.07, 6.45) is 1.88. The van der Waals surface area contributed by atoms with Gasteiger partial charge in [0.25, 0.3) is 0 Å². The highest BCUT2D eigenvalue weighted by Crippen LogP contribution is 2.24. The van der Waals surface area contributed by atoms with Crippen molar-refractivity contribution in [2.45, 2.75) is 26.4 Å². The fourth-order valence-corrected chi connectivity index (χ4v) is 3.81. The van der Waals surface area contributed by atoms with Crippen LogP contribution in [0.5, 0.6) is 0 Å². The highest BCUT2D eigenvalue weighted by Gasteiger charge is 2.36. The van der Waals surface area contributed by atoms with Crippen LogP contribution in [0.1, 0.15) is 22.6 Å². The minimum absolute atomic E-state index is 0.0143. The Kier molecular flexibility index (Phi) is 4.52. The second kappa shape index (κ2) is 6.58. The fourth-order valence-electron chi connectivity index (χ4n) is 2.85. The number of aryl methyl sites for hydroxylation is 1. The van der Waals surface area contributed by atoms with Crippen LogP contribution in [0, 0.1) is 12.8 Å². The number of nitrogens with zero attached hydrogens (tertiary/aromatic N) is 2. The number of rotatable bonds is 5. The highest BCUT2D eigenvalue weighted by atomic mass is 32.1. The lowest BCUT2D eigenvalue weighted by molar-refractivity contribution is -0.135. The Labute approximate surface area is 139 Å². The van der Waals surface area contributed by atoms with Crippen molar-refractivity contribution in [2.75, 3.05) is 13.6 Å². The van der Waals surface area contributed by atoms with Gasteiger partial charge in [-0.05, 0) is 36.1 Å². The van der Waals surface area contributed by atoms with Crippen molar-refractivity contribution in [3.63, 3.8) is 0 Å². The monoisotopic (exact) mass is 332 g/mol. The largest absolute Gasteiger partial charge is 0.467 e. The molecular formula is C17H20N2O3S. The van der Waals surface area contributed by atoms with E-state index in [2.05, 4.69) is 6.07 Å². The van der Waals surface area contributed by atoms with Crippen molar-refractivity contribution in [2.24, 2.45) is 5.92 Å². The van der Waals surface area contributed by atoms with Gasteiger partial charge in [-0.15, -0.1) is 11.3 Å². The molecule has 3 heterocycles. The molecule has 3 rings (SSSR count). The quantitative estimate of drug-likeness (QED) is 0.846. The molecule has 0 aromatic carbocycles. The van der Waals surface area contributed by atoms with Crippen LogP contribution in [0.3, 0.4) is 0 Å². The lowest BCUT2D eigenvalue weighted by Gasteiger charge is -2.21. The average Bonchev–Trinajstić information content (AvgIpc) is 3.24. The van der Waals surface area contributed by atoms with Crippen LogP contribution in [0.4, 0.5) is 0 Å². The number of thiophene rings is 1. The van der Waals surface area contributed by atoms with Gasteiger partial charge in [0, 0.05) is 24.9 Å². The van der Waals surface area contributed by atoms with Crippen molar-refractivity contribution in [1.82, 2.24) is 9.80 Å². The first-order valence-electron chi connectivity index (χ1n) is 7.62. The molecule has 2 aromatic rings. The van der Waals surface area contributed by atoms with Gasteiger partial charge in [-0.3, -0.25) is 9.59 Å². The van der Waals surface area contributed by atoms with Crippen molar-refractivity contribution >= 4 is 23.2 Å². The van der Waals surface area contributed by atoms with E-state index in [0.717, 1.165) is 5.76 Å². The summed E-state index contributed by atoms with van der Waals surface area (Å²) in [4.78, 5) is 29.4. The number of amides is 2. The molecule has 6 heteroatoms. The Morgan fingerprint density at radius 2 is 2.30 bits per heavy atom. The minimum atomic E-state index is -0.261. The maximum Gasteiger partial charge on any atom is 0.228 e. The molecule has 0 bridgehead atoms. The van der Waals surface area contributed by atoms with Crippen LogP contribution in [0.2, 0.25) is 0 Å². The van der Waals surface area contributed by atoms with E-state index < -0.39 is 0 Å². The standard InChI is InChI=1S/C17H20N2O3S/c1-12-5-7-23-15(12)11-18(2)17(21)13-8-16(20)19(9-13)10-14-4-3-6-22-14/h3-7,13H,8-11H2,1-2H3/t13-/m0/s1. The lowest BCUT2D eigenvalue weighted by Crippen LogP contribution is -2.34. The third-order valence-corrected chi connectivity index (χ3v) is 5.22. The number of hydrogen-bond donors (Lipinski definition) is 0. The van der Waals surface area contributed by atoms with Gasteiger partial charge in [0.05, 0.1) is 25.3 Å². The SMILES string of the molecule is Cc1ccsc1CN(C)C(=O)[C@H]1CC(=O)N(Cc2ccco2)C1. The summed E-state index contributed by atoms with van der Waals surface area (Å²) < 4.78 is 5.28. The zero-order chi connectivity index (χ0) is 16.4. The van der Waals surface area contributed by atoms with E-state index in [1.165, 1.54) is 10.4 Å². The van der Waals surface area contributed by atoms with Crippen LogP contribution in [-0.4, -0.2) is 35.2 Å². The molecule has 0 spiro atoms. The van der Waals surface area contributed by atoms with Crippen molar-refractivity contribution in [3.8, 4) is 0 Å². The Hall–Kier alpha value is -2.08. The number of carbonyl (C=O) groups is 2. The first-order chi connectivity index (χ1) is 11.0. The van der Waals surface area contributed by atoms with E-state index in [4.69, 9.17) is 4.42 Å². The van der Waals surface area contributed by atoms with E-state index in [9.17, 15) is 9.59 Å². The molecule has 1 aliphatic heterocycles. The lowest BCUT2D eigenvalue weighted by atomic mass is 10.1. The van der Waals surface area contributed by atoms with Gasteiger partial charge >= 0.3 is 0 Å². The van der Waals surface area contributed by atoms with Crippen molar-refractivity contribution in [3.05, 3.63) is 46.0 Å². The molecule has 2 aromatic heterocycles. The summed E-state index contributed by atoms with van der Waals surface area (Å²) in [5.41, 5.74) is 1.21. The third kappa shape index (κ3) is 3.47. The normalized spacial score (nSPS) is 17.7. The van der Waals surface area contributed by atoms with Gasteiger partial charge < -0.3 is 14.2 Å². The van der Waals surface area contributed by atoms with Gasteiger partial charge in [-0.25, -0.2) is 0 Å². The van der Waals surface area contributed by atoms with E-state index >= 15 is 0 Å². The van der Waals surface area contributed by atoms with Gasteiger partial charge in [-0.1, -0.05) is 0 Å². The zero-order valence-electron chi connectivity index (χ0n) is 13.3. The Morgan fingerprint density at radius 1 is 1.48 bits per heavy atom. The molecular weight excluding hydrogens is 312 g/mol. The summed E-state index contributed by atoms with van der Waals surface area (Å²) in [6, 6.07) is 5.70. The molecule has 1 atom stereocenters. The summed E-state index contributed by atoms with van der Waals surface area (Å²) in [7, 11) is 1.81. The van der Waals surface area contributed by atoms with E-state index in [0.29, 0.717) is 19.6 Å². The van der Waals surface area contributed by atoms with Gasteiger partial charge in [0.1, 0.15) is 5.76 Å². The Bertz CT molecular complexity index is 693. The third-order valence-electron chi connectivity index (χ3n) is 4.22. The average molecular weight is 332 g/mol. The van der Waals surface area contributed by atoms with Gasteiger partial charge in [-0.2, -0.15) is 0 Å². The summed E-state index contributed by atoms with van der Waals surface area (Å²) >= 11 is 1.66. The maximum absolute atomic E-state index is 12.6. The van der Waals surface area contributed by atoms with E-state index in [1.807, 2.05) is 18.4 Å². The first kappa shape index (κ1) is 15.8. The summed E-state index contributed by atoms with van der Waals surface area (Å²) in [5.74, 6) is 0.533. The molecule has 0 aliphatic carbocycles. The second-order valence-corrected chi connectivity index (χ2v) is 6.98. The molecule has 0 N–H and O–H groups in total. The molecule has 23 heavy (non-hydrogen) atoms. The molecule has 1 fully saturated rings. The van der Waals surface area contributed by atoms with Gasteiger partial charge in [0.15, 0.2) is 0 Å². The van der Waals surface area contributed by atoms with Crippen LogP contribution >= 0.6 is 11.3 Å². The molecule has 122 valence electrons. The Morgan fingerprint density at radius 3 is 2.96 bits per heavy atom. The van der Waals surface area contributed by atoms with Gasteiger partial charge in [0.2, 0.25) is 11.8 Å². The number of furan rings is 1. The molecule has 0 radical (unpaired) electrons. The number of hydrogen-bond acceptors (Lipinski definition) is 4. The first-order valence-corrected chi connectivity index (χ1v) is 8.50. The maximum atomic E-state index is 12.6. The van der Waals surface area contributed by atoms with E-state index in [-0.39, 0.29) is 24.2 Å². The zero-order valence-corrected chi connectivity index (χ0v) is 14.1. The topological polar surface area (TPSA) is 53.8 Å². The summed E-state index contributed by atoms with van der Waals surface area (Å²) in [6.45, 7) is 3.55. The van der Waals surface area contributed by atoms with E-state index in [1.54, 1.807) is 40.5 Å².